The monoisotopic (exact) mass is 523 g/mol. The Kier molecular flexibility index (Phi) is 7.89. The Morgan fingerprint density at radius 3 is 2.82 bits per heavy atom. The van der Waals surface area contributed by atoms with Crippen LogP contribution in [0.4, 0.5) is 11.5 Å². The van der Waals surface area contributed by atoms with Crippen molar-refractivity contribution in [2.24, 2.45) is 0 Å². The molecule has 2 aliphatic rings. The number of H-pyrrole nitrogens is 1. The normalized spacial score (nSPS) is 17.7. The zero-order chi connectivity index (χ0) is 26.5. The number of ether oxygens (including phenoxy) is 3. The fraction of sp³-hybridized carbons (Fsp3) is 0.462. The Morgan fingerprint density at radius 1 is 1.13 bits per heavy atom. The summed E-state index contributed by atoms with van der Waals surface area (Å²) in [4.78, 5) is 43.1. The fourth-order valence-electron chi connectivity index (χ4n) is 4.57. The fourth-order valence-corrected chi connectivity index (χ4v) is 4.57. The number of benzene rings is 1. The summed E-state index contributed by atoms with van der Waals surface area (Å²) in [5.74, 6) is 1.13. The first-order valence-corrected chi connectivity index (χ1v) is 12.7. The van der Waals surface area contributed by atoms with E-state index in [1.807, 2.05) is 12.3 Å². The molecule has 38 heavy (non-hydrogen) atoms. The summed E-state index contributed by atoms with van der Waals surface area (Å²) in [5.41, 5.74) is 2.51. The van der Waals surface area contributed by atoms with E-state index in [4.69, 9.17) is 14.2 Å². The van der Waals surface area contributed by atoms with Crippen LogP contribution < -0.4 is 14.8 Å². The zero-order valence-corrected chi connectivity index (χ0v) is 21.7. The lowest BCUT2D eigenvalue weighted by molar-refractivity contribution is -0.137. The highest BCUT2D eigenvalue weighted by Gasteiger charge is 2.20. The first-order chi connectivity index (χ1) is 18.5. The van der Waals surface area contributed by atoms with Crippen LogP contribution >= 0.6 is 0 Å². The van der Waals surface area contributed by atoms with Crippen LogP contribution in [0.5, 0.6) is 11.5 Å². The Bertz CT molecular complexity index is 1290. The molecule has 1 fully saturated rings. The summed E-state index contributed by atoms with van der Waals surface area (Å²) in [5, 5.41) is 4.28. The standard InChI is InChI=1S/C26H33N7O5/c1-31-6-3-7-32(2)22(34)15-38-21-12-19(30-26-24-18(14-31)13-27-25(24)28-17-29-26)4-5-20(21)37-16-23(35)33-8-10-36-11-9-33/h4-5,12-13,17H,3,6-11,14-16H2,1-2H3,(H2,27,28,29,30). The minimum absolute atomic E-state index is 0.125. The first-order valence-electron chi connectivity index (χ1n) is 12.7. The topological polar surface area (TPSA) is 125 Å². The van der Waals surface area contributed by atoms with Crippen molar-refractivity contribution in [3.8, 4) is 11.5 Å². The minimum Gasteiger partial charge on any atom is -0.480 e. The molecule has 0 aliphatic carbocycles. The Morgan fingerprint density at radius 2 is 1.97 bits per heavy atom. The van der Waals surface area contributed by atoms with Gasteiger partial charge in [0.1, 0.15) is 17.8 Å². The molecule has 2 aliphatic heterocycles. The third-order valence-electron chi connectivity index (χ3n) is 6.72. The maximum absolute atomic E-state index is 12.8. The van der Waals surface area contributed by atoms with Crippen molar-refractivity contribution < 1.29 is 23.8 Å². The Balaban J connectivity index is 1.43. The first kappa shape index (κ1) is 25.7. The predicted molar refractivity (Wildman–Crippen MR) is 141 cm³/mol. The number of anilines is 2. The van der Waals surface area contributed by atoms with Crippen LogP contribution in [-0.4, -0.2) is 108 Å². The van der Waals surface area contributed by atoms with Crippen molar-refractivity contribution in [1.82, 2.24) is 29.7 Å². The molecule has 0 radical (unpaired) electrons. The van der Waals surface area contributed by atoms with E-state index in [1.54, 1.807) is 29.0 Å². The van der Waals surface area contributed by atoms with Crippen molar-refractivity contribution in [3.63, 3.8) is 0 Å². The quantitative estimate of drug-likeness (QED) is 0.527. The predicted octanol–water partition coefficient (Wildman–Crippen LogP) is 1.61. The number of rotatable bonds is 3. The number of hydrogen-bond donors (Lipinski definition) is 2. The van der Waals surface area contributed by atoms with Gasteiger partial charge in [0.15, 0.2) is 24.7 Å². The maximum Gasteiger partial charge on any atom is 0.260 e. The zero-order valence-electron chi connectivity index (χ0n) is 21.7. The van der Waals surface area contributed by atoms with Gasteiger partial charge in [0.05, 0.1) is 18.6 Å². The molecule has 0 atom stereocenters. The van der Waals surface area contributed by atoms with Gasteiger partial charge in [-0.15, -0.1) is 0 Å². The van der Waals surface area contributed by atoms with Crippen molar-refractivity contribution in [2.75, 3.05) is 72.0 Å². The van der Waals surface area contributed by atoms with E-state index in [1.165, 1.54) is 6.33 Å². The average molecular weight is 524 g/mol. The molecule has 12 heteroatoms. The van der Waals surface area contributed by atoms with E-state index in [0.717, 1.165) is 29.6 Å². The van der Waals surface area contributed by atoms with Gasteiger partial charge in [-0.3, -0.25) is 9.59 Å². The number of carbonyl (C=O) groups excluding carboxylic acids is 2. The van der Waals surface area contributed by atoms with E-state index in [2.05, 4.69) is 32.2 Å². The number of nitrogens with one attached hydrogen (secondary N) is 2. The van der Waals surface area contributed by atoms with Gasteiger partial charge in [0.25, 0.3) is 11.8 Å². The van der Waals surface area contributed by atoms with Gasteiger partial charge < -0.3 is 39.2 Å². The number of morpholine rings is 1. The summed E-state index contributed by atoms with van der Waals surface area (Å²) in [6.07, 6.45) is 4.28. The number of likely N-dealkylation sites (N-methyl/N-ethyl adjacent to an activating group) is 1. The average Bonchev–Trinajstić information content (AvgIpc) is 3.34. The molecule has 1 saturated heterocycles. The van der Waals surface area contributed by atoms with Crippen molar-refractivity contribution in [3.05, 3.63) is 36.3 Å². The molecule has 1 aromatic carbocycles. The Labute approximate surface area is 220 Å². The van der Waals surface area contributed by atoms with Gasteiger partial charge in [-0.25, -0.2) is 9.97 Å². The summed E-state index contributed by atoms with van der Waals surface area (Å²) in [6, 6.07) is 5.30. The molecule has 202 valence electrons. The number of aromatic nitrogens is 3. The van der Waals surface area contributed by atoms with Crippen LogP contribution in [0.25, 0.3) is 11.0 Å². The van der Waals surface area contributed by atoms with Crippen LogP contribution in [0.3, 0.4) is 0 Å². The number of fused-ring (bicyclic) bond motifs is 2. The minimum atomic E-state index is -0.150. The number of aromatic amines is 1. The molecule has 3 aromatic rings. The molecule has 0 saturated carbocycles. The van der Waals surface area contributed by atoms with Crippen LogP contribution in [-0.2, 0) is 20.9 Å². The second-order valence-electron chi connectivity index (χ2n) is 9.52. The molecule has 4 heterocycles. The molecular weight excluding hydrogens is 490 g/mol. The van der Waals surface area contributed by atoms with Gasteiger partial charge >= 0.3 is 0 Å². The highest BCUT2D eigenvalue weighted by Crippen LogP contribution is 2.34. The van der Waals surface area contributed by atoms with Gasteiger partial charge in [0, 0.05) is 51.2 Å². The van der Waals surface area contributed by atoms with Gasteiger partial charge in [-0.05, 0) is 37.7 Å². The largest absolute Gasteiger partial charge is 0.480 e. The molecule has 0 unspecified atom stereocenters. The molecule has 12 nitrogen and oxygen atoms in total. The summed E-state index contributed by atoms with van der Waals surface area (Å²) >= 11 is 0. The lowest BCUT2D eigenvalue weighted by Crippen LogP contribution is -2.43. The van der Waals surface area contributed by atoms with Crippen LogP contribution in [0.2, 0.25) is 0 Å². The van der Waals surface area contributed by atoms with Crippen LogP contribution in [0.1, 0.15) is 12.0 Å². The van der Waals surface area contributed by atoms with E-state index in [9.17, 15) is 9.59 Å². The van der Waals surface area contributed by atoms with Gasteiger partial charge in [-0.2, -0.15) is 0 Å². The lowest BCUT2D eigenvalue weighted by Gasteiger charge is -2.27. The van der Waals surface area contributed by atoms with Crippen molar-refractivity contribution >= 4 is 34.4 Å². The van der Waals surface area contributed by atoms with Crippen molar-refractivity contribution in [2.45, 2.75) is 13.0 Å². The number of nitrogens with zero attached hydrogens (tertiary/aromatic N) is 5. The van der Waals surface area contributed by atoms with Crippen LogP contribution in [0.15, 0.2) is 30.7 Å². The Hall–Kier alpha value is -3.90. The molecule has 2 N–H and O–H groups in total. The second-order valence-corrected chi connectivity index (χ2v) is 9.52. The molecule has 2 amide bonds. The maximum atomic E-state index is 12.8. The third kappa shape index (κ3) is 5.97. The van der Waals surface area contributed by atoms with E-state index >= 15 is 0 Å². The van der Waals surface area contributed by atoms with E-state index in [-0.39, 0.29) is 25.0 Å². The van der Waals surface area contributed by atoms with Gasteiger partial charge in [-0.1, -0.05) is 0 Å². The number of amides is 2. The lowest BCUT2D eigenvalue weighted by atomic mass is 10.2. The van der Waals surface area contributed by atoms with E-state index in [0.29, 0.717) is 62.4 Å². The molecule has 2 aromatic heterocycles. The highest BCUT2D eigenvalue weighted by molar-refractivity contribution is 5.92. The number of hydrogen-bond acceptors (Lipinski definition) is 9. The SMILES string of the molecule is CN1CCCN(C)C(=O)COc2cc(ccc2OCC(=O)N2CCOCC2)Nc2ncnc3[nH]cc(c23)C1. The second kappa shape index (κ2) is 11.7. The smallest absolute Gasteiger partial charge is 0.260 e. The van der Waals surface area contributed by atoms with Crippen LogP contribution in [0, 0.1) is 0 Å². The third-order valence-corrected chi connectivity index (χ3v) is 6.72. The van der Waals surface area contributed by atoms with Gasteiger partial charge in [0.2, 0.25) is 0 Å². The summed E-state index contributed by atoms with van der Waals surface area (Å²) in [7, 11) is 3.83. The molecule has 0 spiro atoms. The molecule has 2 bridgehead atoms. The molecular formula is C26H33N7O5. The summed E-state index contributed by atoms with van der Waals surface area (Å²) < 4.78 is 17.1. The van der Waals surface area contributed by atoms with E-state index < -0.39 is 0 Å². The van der Waals surface area contributed by atoms with Crippen molar-refractivity contribution in [1.29, 1.82) is 0 Å². The molecule has 5 rings (SSSR count). The highest BCUT2D eigenvalue weighted by atomic mass is 16.5. The summed E-state index contributed by atoms with van der Waals surface area (Å²) in [6.45, 7) is 3.96. The number of carbonyl (C=O) groups is 2.